The Kier molecular flexibility index (Phi) is 5.92. The van der Waals surface area contributed by atoms with Crippen LogP contribution in [0.1, 0.15) is 20.8 Å². The van der Waals surface area contributed by atoms with Gasteiger partial charge in [0, 0.05) is 5.02 Å². The Morgan fingerprint density at radius 3 is 2.25 bits per heavy atom. The van der Waals surface area contributed by atoms with E-state index in [0.29, 0.717) is 5.70 Å². The molecule has 0 aliphatic carbocycles. The summed E-state index contributed by atoms with van der Waals surface area (Å²) in [5.74, 6) is 0. The van der Waals surface area contributed by atoms with Crippen LogP contribution in [0.3, 0.4) is 0 Å². The van der Waals surface area contributed by atoms with Gasteiger partial charge in [-0.15, -0.1) is 0 Å². The molecule has 0 aliphatic rings. The largest absolute Gasteiger partial charge is 0.386 e. The number of aromatic nitrogens is 3. The first-order chi connectivity index (χ1) is 9.32. The normalized spacial score (nSPS) is 12.2. The van der Waals surface area contributed by atoms with E-state index in [1.165, 1.54) is 17.3 Å². The van der Waals surface area contributed by atoms with Gasteiger partial charge in [0.05, 0.1) is 5.70 Å². The summed E-state index contributed by atoms with van der Waals surface area (Å²) in [4.78, 5) is 3.79. The lowest BCUT2D eigenvalue weighted by molar-refractivity contribution is 0.109. The maximum atomic E-state index is 9.84. The lowest BCUT2D eigenvalue weighted by Gasteiger charge is -2.26. The minimum Gasteiger partial charge on any atom is -0.386 e. The maximum absolute atomic E-state index is 9.84. The highest BCUT2D eigenvalue weighted by Gasteiger charge is 2.25. The Hall–Kier alpha value is -1.65. The zero-order valence-corrected chi connectivity index (χ0v) is 12.7. The summed E-state index contributed by atoms with van der Waals surface area (Å²) in [5.41, 5.74) is 0.313. The second kappa shape index (κ2) is 7.22. The number of rotatable bonds is 2. The Morgan fingerprint density at radius 1 is 1.30 bits per heavy atom. The first kappa shape index (κ1) is 16.4. The predicted octanol–water partition coefficient (Wildman–Crippen LogP) is 3.50. The second-order valence-corrected chi connectivity index (χ2v) is 5.83. The van der Waals surface area contributed by atoms with Crippen LogP contribution in [0.15, 0.2) is 49.6 Å². The third-order valence-corrected chi connectivity index (χ3v) is 2.83. The van der Waals surface area contributed by atoms with Crippen molar-refractivity contribution < 1.29 is 5.11 Å². The van der Waals surface area contributed by atoms with E-state index < -0.39 is 6.10 Å². The predicted molar refractivity (Wildman–Crippen MR) is 82.3 cm³/mol. The molecule has 0 aliphatic heterocycles. The van der Waals surface area contributed by atoms with Crippen molar-refractivity contribution in [3.05, 3.63) is 54.6 Å². The Bertz CT molecular complexity index is 518. The molecule has 4 nitrogen and oxygen atoms in total. The van der Waals surface area contributed by atoms with Gasteiger partial charge in [0.2, 0.25) is 0 Å². The number of hydrogen-bond donors (Lipinski definition) is 1. The fraction of sp³-hybridized carbons (Fsp3) is 0.333. The summed E-state index contributed by atoms with van der Waals surface area (Å²) in [7, 11) is 0. The molecule has 20 heavy (non-hydrogen) atoms. The second-order valence-electron chi connectivity index (χ2n) is 5.40. The number of aliphatic hydroxyl groups is 1. The molecule has 2 rings (SSSR count). The van der Waals surface area contributed by atoms with Crippen molar-refractivity contribution in [1.29, 1.82) is 0 Å². The molecule has 1 aromatic heterocycles. The van der Waals surface area contributed by atoms with Gasteiger partial charge >= 0.3 is 0 Å². The molecule has 0 spiro atoms. The van der Waals surface area contributed by atoms with Crippen LogP contribution in [0.25, 0.3) is 5.70 Å². The molecule has 1 unspecified atom stereocenters. The summed E-state index contributed by atoms with van der Waals surface area (Å²) in [5, 5.41) is 14.5. The zero-order chi connectivity index (χ0) is 15.2. The van der Waals surface area contributed by atoms with Gasteiger partial charge in [0.15, 0.2) is 0 Å². The van der Waals surface area contributed by atoms with Gasteiger partial charge in [-0.1, -0.05) is 57.2 Å². The standard InChI is InChI=1S/C9H15N3O.C6H5Cl/c1-7(8(13)9(2,3)4)12-6-10-5-11-12;7-6-4-2-1-3-5-6/h5-6,8,13H,1H2,2-4H3;1-5H. The number of nitrogens with zero attached hydrogens (tertiary/aromatic N) is 3. The van der Waals surface area contributed by atoms with E-state index in [1.807, 2.05) is 51.1 Å². The van der Waals surface area contributed by atoms with Crippen LogP contribution in [0.4, 0.5) is 0 Å². The molecule has 5 heteroatoms. The third kappa shape index (κ3) is 5.15. The van der Waals surface area contributed by atoms with Crippen LogP contribution in [-0.4, -0.2) is 26.0 Å². The molecule has 0 saturated carbocycles. The van der Waals surface area contributed by atoms with Gasteiger partial charge in [0.25, 0.3) is 0 Å². The fourth-order valence-electron chi connectivity index (χ4n) is 1.40. The minimum atomic E-state index is -0.616. The van der Waals surface area contributed by atoms with Crippen LogP contribution < -0.4 is 0 Å². The van der Waals surface area contributed by atoms with Crippen LogP contribution in [-0.2, 0) is 0 Å². The fourth-order valence-corrected chi connectivity index (χ4v) is 1.54. The molecule has 0 saturated heterocycles. The molecule has 1 atom stereocenters. The number of halogens is 1. The quantitative estimate of drug-likeness (QED) is 0.922. The van der Waals surface area contributed by atoms with Gasteiger partial charge in [-0.2, -0.15) is 5.10 Å². The van der Waals surface area contributed by atoms with E-state index in [2.05, 4.69) is 16.7 Å². The SMILES string of the molecule is C=C(C(O)C(C)(C)C)n1cncn1.Clc1ccccc1. The minimum absolute atomic E-state index is 0.233. The topological polar surface area (TPSA) is 50.9 Å². The molecule has 1 aromatic carbocycles. The summed E-state index contributed by atoms with van der Waals surface area (Å²) in [6, 6.07) is 9.44. The van der Waals surface area contributed by atoms with Crippen molar-refractivity contribution in [3.8, 4) is 0 Å². The first-order valence-electron chi connectivity index (χ1n) is 6.25. The number of aliphatic hydroxyl groups excluding tert-OH is 1. The van der Waals surface area contributed by atoms with Gasteiger partial charge in [-0.25, -0.2) is 9.67 Å². The Labute approximate surface area is 124 Å². The van der Waals surface area contributed by atoms with Gasteiger partial charge in [0.1, 0.15) is 18.8 Å². The Balaban J connectivity index is 0.000000240. The summed E-state index contributed by atoms with van der Waals surface area (Å²) in [6.07, 6.45) is 2.33. The molecule has 1 N–H and O–H groups in total. The molecule has 108 valence electrons. The van der Waals surface area contributed by atoms with Crippen molar-refractivity contribution >= 4 is 17.3 Å². The number of benzene rings is 1. The van der Waals surface area contributed by atoms with Crippen LogP contribution >= 0.6 is 11.6 Å². The van der Waals surface area contributed by atoms with Crippen molar-refractivity contribution in [1.82, 2.24) is 14.8 Å². The highest BCUT2D eigenvalue weighted by molar-refractivity contribution is 6.30. The molecule has 1 heterocycles. The lowest BCUT2D eigenvalue weighted by atomic mass is 9.87. The smallest absolute Gasteiger partial charge is 0.138 e. The molecular weight excluding hydrogens is 274 g/mol. The molecule has 2 aromatic rings. The highest BCUT2D eigenvalue weighted by atomic mass is 35.5. The third-order valence-electron chi connectivity index (χ3n) is 2.58. The van der Waals surface area contributed by atoms with E-state index in [4.69, 9.17) is 11.6 Å². The van der Waals surface area contributed by atoms with Crippen LogP contribution in [0, 0.1) is 5.41 Å². The molecule has 0 amide bonds. The average molecular weight is 294 g/mol. The van der Waals surface area contributed by atoms with Gasteiger partial charge in [-0.3, -0.25) is 0 Å². The van der Waals surface area contributed by atoms with E-state index in [-0.39, 0.29) is 5.41 Å². The Morgan fingerprint density at radius 2 is 1.90 bits per heavy atom. The molecule has 0 radical (unpaired) electrons. The van der Waals surface area contributed by atoms with Crippen LogP contribution in [0.5, 0.6) is 0 Å². The average Bonchev–Trinajstić information content (AvgIpc) is 2.91. The summed E-state index contributed by atoms with van der Waals surface area (Å²) < 4.78 is 1.48. The van der Waals surface area contributed by atoms with Crippen molar-refractivity contribution in [2.45, 2.75) is 26.9 Å². The van der Waals surface area contributed by atoms with Crippen molar-refractivity contribution in [2.24, 2.45) is 5.41 Å². The maximum Gasteiger partial charge on any atom is 0.138 e. The monoisotopic (exact) mass is 293 g/mol. The van der Waals surface area contributed by atoms with E-state index in [1.54, 1.807) is 0 Å². The van der Waals surface area contributed by atoms with Gasteiger partial charge in [-0.05, 0) is 17.5 Å². The summed E-state index contributed by atoms with van der Waals surface area (Å²) >= 11 is 5.54. The number of hydrogen-bond acceptors (Lipinski definition) is 3. The first-order valence-corrected chi connectivity index (χ1v) is 6.62. The van der Waals surface area contributed by atoms with Gasteiger partial charge < -0.3 is 5.11 Å². The molecule has 0 bridgehead atoms. The van der Waals surface area contributed by atoms with Crippen molar-refractivity contribution in [3.63, 3.8) is 0 Å². The summed E-state index contributed by atoms with van der Waals surface area (Å²) in [6.45, 7) is 9.61. The highest BCUT2D eigenvalue weighted by Crippen LogP contribution is 2.25. The molecular formula is C15H20ClN3O. The van der Waals surface area contributed by atoms with E-state index >= 15 is 0 Å². The zero-order valence-electron chi connectivity index (χ0n) is 12.0. The van der Waals surface area contributed by atoms with Crippen molar-refractivity contribution in [2.75, 3.05) is 0 Å². The van der Waals surface area contributed by atoms with E-state index in [9.17, 15) is 5.11 Å². The lowest BCUT2D eigenvalue weighted by Crippen LogP contribution is -2.29. The van der Waals surface area contributed by atoms with Crippen LogP contribution in [0.2, 0.25) is 5.02 Å². The van der Waals surface area contributed by atoms with E-state index in [0.717, 1.165) is 5.02 Å². The molecule has 0 fully saturated rings.